The van der Waals surface area contributed by atoms with Gasteiger partial charge < -0.3 is 14.6 Å². The van der Waals surface area contributed by atoms with E-state index in [2.05, 4.69) is 10.00 Å². The second kappa shape index (κ2) is 8.47. The van der Waals surface area contributed by atoms with Crippen LogP contribution in [0.15, 0.2) is 36.7 Å². The number of aryl methyl sites for hydroxylation is 2. The van der Waals surface area contributed by atoms with Crippen LogP contribution in [0.5, 0.6) is 5.75 Å². The van der Waals surface area contributed by atoms with Crippen molar-refractivity contribution in [2.45, 2.75) is 32.6 Å². The zero-order chi connectivity index (χ0) is 17.6. The van der Waals surface area contributed by atoms with Gasteiger partial charge in [-0.3, -0.25) is 9.58 Å². The Morgan fingerprint density at radius 1 is 1.36 bits per heavy atom. The molecule has 0 spiro atoms. The molecule has 3 rings (SSSR count). The Kier molecular flexibility index (Phi) is 6.07. The average molecular weight is 345 g/mol. The minimum Gasteiger partial charge on any atom is -0.491 e. The van der Waals surface area contributed by atoms with Gasteiger partial charge >= 0.3 is 0 Å². The maximum absolute atomic E-state index is 10.3. The van der Waals surface area contributed by atoms with Crippen LogP contribution in [0.2, 0.25) is 0 Å². The number of nitrogens with zero attached hydrogens (tertiary/aromatic N) is 3. The molecule has 1 aromatic heterocycles. The van der Waals surface area contributed by atoms with Crippen LogP contribution >= 0.6 is 0 Å². The van der Waals surface area contributed by atoms with Gasteiger partial charge in [0.25, 0.3) is 0 Å². The smallest absolute Gasteiger partial charge is 0.119 e. The Labute approximate surface area is 149 Å². The third-order valence-corrected chi connectivity index (χ3v) is 4.28. The highest BCUT2D eigenvalue weighted by atomic mass is 16.5. The Morgan fingerprint density at radius 2 is 2.24 bits per heavy atom. The molecule has 6 heteroatoms. The maximum Gasteiger partial charge on any atom is 0.119 e. The quantitative estimate of drug-likeness (QED) is 0.827. The van der Waals surface area contributed by atoms with E-state index in [1.807, 2.05) is 55.2 Å². The van der Waals surface area contributed by atoms with Gasteiger partial charge in [-0.25, -0.2) is 0 Å². The highest BCUT2D eigenvalue weighted by molar-refractivity contribution is 5.27. The summed E-state index contributed by atoms with van der Waals surface area (Å²) >= 11 is 0. The standard InChI is InChI=1S/C19H27N3O3/c1-15-4-3-5-18(8-15)25-14-17(23)11-21-6-7-24-19(12-21)13-22-10-16(2)9-20-22/h3-5,8-10,17,19,23H,6-7,11-14H2,1-2H3/t17-,19-/m1/s1. The zero-order valence-corrected chi connectivity index (χ0v) is 15.0. The highest BCUT2D eigenvalue weighted by Crippen LogP contribution is 2.13. The van der Waals surface area contributed by atoms with E-state index in [1.165, 1.54) is 0 Å². The van der Waals surface area contributed by atoms with Crippen LogP contribution in [0.3, 0.4) is 0 Å². The number of aliphatic hydroxyl groups excluding tert-OH is 1. The summed E-state index contributed by atoms with van der Waals surface area (Å²) in [5.41, 5.74) is 2.30. The molecule has 0 aliphatic carbocycles. The van der Waals surface area contributed by atoms with Gasteiger partial charge in [-0.1, -0.05) is 12.1 Å². The average Bonchev–Trinajstić information content (AvgIpc) is 2.98. The molecule has 2 atom stereocenters. The van der Waals surface area contributed by atoms with Crippen LogP contribution in [0.1, 0.15) is 11.1 Å². The normalized spacial score (nSPS) is 19.7. The van der Waals surface area contributed by atoms with Crippen molar-refractivity contribution in [2.24, 2.45) is 0 Å². The number of hydrogen-bond donors (Lipinski definition) is 1. The van der Waals surface area contributed by atoms with Crippen molar-refractivity contribution in [1.29, 1.82) is 0 Å². The number of aromatic nitrogens is 2. The second-order valence-electron chi connectivity index (χ2n) is 6.77. The van der Waals surface area contributed by atoms with Crippen molar-refractivity contribution in [3.05, 3.63) is 47.8 Å². The Balaban J connectivity index is 1.43. The molecule has 6 nitrogen and oxygen atoms in total. The number of morpholine rings is 1. The lowest BCUT2D eigenvalue weighted by Crippen LogP contribution is -2.47. The molecule has 1 saturated heterocycles. The van der Waals surface area contributed by atoms with Crippen LogP contribution < -0.4 is 4.74 Å². The summed E-state index contributed by atoms with van der Waals surface area (Å²) in [6.07, 6.45) is 3.45. The van der Waals surface area contributed by atoms with Crippen molar-refractivity contribution < 1.29 is 14.6 Å². The van der Waals surface area contributed by atoms with Crippen molar-refractivity contribution in [1.82, 2.24) is 14.7 Å². The lowest BCUT2D eigenvalue weighted by atomic mass is 10.2. The molecule has 0 bridgehead atoms. The Hall–Kier alpha value is -1.89. The zero-order valence-electron chi connectivity index (χ0n) is 15.0. The molecule has 0 unspecified atom stereocenters. The van der Waals surface area contributed by atoms with E-state index in [9.17, 15) is 5.11 Å². The van der Waals surface area contributed by atoms with E-state index in [4.69, 9.17) is 9.47 Å². The van der Waals surface area contributed by atoms with Crippen molar-refractivity contribution in [2.75, 3.05) is 32.8 Å². The first-order valence-electron chi connectivity index (χ1n) is 8.79. The summed E-state index contributed by atoms with van der Waals surface area (Å²) < 4.78 is 13.4. The van der Waals surface area contributed by atoms with E-state index >= 15 is 0 Å². The van der Waals surface area contributed by atoms with E-state index < -0.39 is 6.10 Å². The molecule has 136 valence electrons. The lowest BCUT2D eigenvalue weighted by Gasteiger charge is -2.34. The topological polar surface area (TPSA) is 59.8 Å². The summed E-state index contributed by atoms with van der Waals surface area (Å²) in [6, 6.07) is 7.87. The van der Waals surface area contributed by atoms with Gasteiger partial charge in [0.05, 0.1) is 25.5 Å². The SMILES string of the molecule is Cc1cccc(OC[C@H](O)CN2CCO[C@@H](Cn3cc(C)cn3)C2)c1. The number of aliphatic hydroxyl groups is 1. The number of β-amino-alcohol motifs (C(OH)–C–C–N with tert-alkyl or cyclic N) is 1. The molecule has 0 radical (unpaired) electrons. The van der Waals surface area contributed by atoms with E-state index in [1.54, 1.807) is 0 Å². The van der Waals surface area contributed by atoms with Crippen LogP contribution in [-0.4, -0.2) is 64.8 Å². The summed E-state index contributed by atoms with van der Waals surface area (Å²) in [5, 5.41) is 14.6. The predicted molar refractivity (Wildman–Crippen MR) is 95.8 cm³/mol. The molecule has 1 fully saturated rings. The van der Waals surface area contributed by atoms with Crippen molar-refractivity contribution >= 4 is 0 Å². The predicted octanol–water partition coefficient (Wildman–Crippen LogP) is 1.64. The van der Waals surface area contributed by atoms with E-state index in [0.29, 0.717) is 19.8 Å². The molecular weight excluding hydrogens is 318 g/mol. The molecule has 1 aliphatic rings. The molecule has 25 heavy (non-hydrogen) atoms. The highest BCUT2D eigenvalue weighted by Gasteiger charge is 2.23. The summed E-state index contributed by atoms with van der Waals surface area (Å²) in [4.78, 5) is 2.23. The Bertz CT molecular complexity index is 673. The van der Waals surface area contributed by atoms with Crippen molar-refractivity contribution in [3.8, 4) is 5.75 Å². The molecule has 2 aromatic rings. The van der Waals surface area contributed by atoms with Crippen LogP contribution in [0.4, 0.5) is 0 Å². The minimum atomic E-state index is -0.522. The first-order valence-corrected chi connectivity index (χ1v) is 8.79. The molecule has 0 amide bonds. The second-order valence-corrected chi connectivity index (χ2v) is 6.77. The monoisotopic (exact) mass is 345 g/mol. The van der Waals surface area contributed by atoms with Crippen LogP contribution in [-0.2, 0) is 11.3 Å². The third kappa shape index (κ3) is 5.56. The first-order chi connectivity index (χ1) is 12.1. The van der Waals surface area contributed by atoms with E-state index in [0.717, 1.165) is 36.5 Å². The maximum atomic E-state index is 10.3. The van der Waals surface area contributed by atoms with Crippen LogP contribution in [0.25, 0.3) is 0 Å². The van der Waals surface area contributed by atoms with Crippen LogP contribution in [0, 0.1) is 13.8 Å². The molecule has 1 N–H and O–H groups in total. The van der Waals surface area contributed by atoms with Gasteiger partial charge in [-0.05, 0) is 37.1 Å². The number of benzene rings is 1. The fraction of sp³-hybridized carbons (Fsp3) is 0.526. The molecular formula is C19H27N3O3. The number of hydrogen-bond acceptors (Lipinski definition) is 5. The fourth-order valence-corrected chi connectivity index (χ4v) is 3.08. The summed E-state index contributed by atoms with van der Waals surface area (Å²) in [6.45, 7) is 7.97. The molecule has 2 heterocycles. The number of ether oxygens (including phenoxy) is 2. The molecule has 1 aromatic carbocycles. The first kappa shape index (κ1) is 17.9. The summed E-state index contributed by atoms with van der Waals surface area (Å²) in [7, 11) is 0. The Morgan fingerprint density at radius 3 is 3.00 bits per heavy atom. The molecule has 1 aliphatic heterocycles. The number of rotatable bonds is 7. The van der Waals surface area contributed by atoms with Gasteiger partial charge in [-0.2, -0.15) is 5.10 Å². The van der Waals surface area contributed by atoms with Gasteiger partial charge in [0.1, 0.15) is 18.5 Å². The molecule has 0 saturated carbocycles. The van der Waals surface area contributed by atoms with Gasteiger partial charge in [0.2, 0.25) is 0 Å². The largest absolute Gasteiger partial charge is 0.491 e. The van der Waals surface area contributed by atoms with Gasteiger partial charge in [-0.15, -0.1) is 0 Å². The van der Waals surface area contributed by atoms with E-state index in [-0.39, 0.29) is 6.10 Å². The summed E-state index contributed by atoms with van der Waals surface area (Å²) in [5.74, 6) is 0.799. The third-order valence-electron chi connectivity index (χ3n) is 4.28. The van der Waals surface area contributed by atoms with Gasteiger partial charge in [0, 0.05) is 25.8 Å². The fourth-order valence-electron chi connectivity index (χ4n) is 3.08. The minimum absolute atomic E-state index is 0.0953. The van der Waals surface area contributed by atoms with Crippen molar-refractivity contribution in [3.63, 3.8) is 0 Å². The lowest BCUT2D eigenvalue weighted by molar-refractivity contribution is -0.0517. The van der Waals surface area contributed by atoms with Gasteiger partial charge in [0.15, 0.2) is 0 Å².